The Morgan fingerprint density at radius 1 is 1.60 bits per heavy atom. The van der Waals surface area contributed by atoms with E-state index < -0.39 is 0 Å². The predicted molar refractivity (Wildman–Crippen MR) is 45.7 cm³/mol. The van der Waals surface area contributed by atoms with Crippen molar-refractivity contribution in [1.29, 1.82) is 0 Å². The summed E-state index contributed by atoms with van der Waals surface area (Å²) in [6.07, 6.45) is 8.48. The molecule has 54 valence electrons. The van der Waals surface area contributed by atoms with Gasteiger partial charge in [0.2, 0.25) is 0 Å². The van der Waals surface area contributed by atoms with Gasteiger partial charge in [0.25, 0.3) is 0 Å². The van der Waals surface area contributed by atoms with E-state index in [0.29, 0.717) is 11.8 Å². The number of hydrogen-bond donors (Lipinski definition) is 0. The molecular formula is C10H14. The molecular weight excluding hydrogens is 120 g/mol. The Labute approximate surface area is 62.9 Å². The fourth-order valence-corrected chi connectivity index (χ4v) is 1.30. The maximum absolute atomic E-state index is 3.78. The van der Waals surface area contributed by atoms with Crippen LogP contribution in [0.25, 0.3) is 0 Å². The lowest BCUT2D eigenvalue weighted by Gasteiger charge is -2.12. The first-order valence-electron chi connectivity index (χ1n) is 3.76. The minimum atomic E-state index is 0.500. The van der Waals surface area contributed by atoms with E-state index in [1.807, 2.05) is 6.08 Å². The Bertz CT molecular complexity index is 182. The topological polar surface area (TPSA) is 0 Å². The molecule has 0 aliphatic heterocycles. The first-order chi connectivity index (χ1) is 4.75. The van der Waals surface area contributed by atoms with E-state index >= 15 is 0 Å². The van der Waals surface area contributed by atoms with Crippen molar-refractivity contribution >= 4 is 0 Å². The molecule has 0 amide bonds. The minimum absolute atomic E-state index is 0.500. The van der Waals surface area contributed by atoms with Crippen LogP contribution < -0.4 is 0 Å². The van der Waals surface area contributed by atoms with Crippen LogP contribution in [0, 0.1) is 11.8 Å². The molecule has 0 aromatic rings. The second-order valence-corrected chi connectivity index (χ2v) is 2.97. The van der Waals surface area contributed by atoms with Crippen LogP contribution in [0.2, 0.25) is 0 Å². The van der Waals surface area contributed by atoms with Crippen LogP contribution in [0.3, 0.4) is 0 Å². The van der Waals surface area contributed by atoms with Gasteiger partial charge in [0.1, 0.15) is 0 Å². The molecule has 0 radical (unpaired) electrons. The molecule has 1 aliphatic rings. The molecule has 0 nitrogen and oxygen atoms in total. The van der Waals surface area contributed by atoms with Crippen LogP contribution in [0.15, 0.2) is 36.5 Å². The standard InChI is InChI=1S/C10H14/c1-4-9-6-5-7-10(9)8(2)3/h4-9H,1H2,2-3H3. The van der Waals surface area contributed by atoms with Gasteiger partial charge in [-0.3, -0.25) is 0 Å². The quantitative estimate of drug-likeness (QED) is 0.509. The van der Waals surface area contributed by atoms with Gasteiger partial charge < -0.3 is 0 Å². The summed E-state index contributed by atoms with van der Waals surface area (Å²) < 4.78 is 0. The van der Waals surface area contributed by atoms with Gasteiger partial charge in [-0.05, 0) is 5.92 Å². The van der Waals surface area contributed by atoms with Crippen molar-refractivity contribution in [1.82, 2.24) is 0 Å². The molecule has 0 heterocycles. The summed E-state index contributed by atoms with van der Waals surface area (Å²) in [4.78, 5) is 0. The normalized spacial score (nSPS) is 23.5. The Kier molecular flexibility index (Phi) is 2.10. The van der Waals surface area contributed by atoms with Gasteiger partial charge in [-0.15, -0.1) is 6.58 Å². The first-order valence-corrected chi connectivity index (χ1v) is 3.76. The van der Waals surface area contributed by atoms with E-state index in [4.69, 9.17) is 0 Å². The van der Waals surface area contributed by atoms with Gasteiger partial charge in [0.05, 0.1) is 0 Å². The molecule has 0 saturated heterocycles. The van der Waals surface area contributed by atoms with Gasteiger partial charge in [-0.25, -0.2) is 0 Å². The third kappa shape index (κ3) is 1.21. The Morgan fingerprint density at radius 3 is 2.70 bits per heavy atom. The van der Waals surface area contributed by atoms with E-state index in [9.17, 15) is 0 Å². The number of allylic oxidation sites excluding steroid dienone is 5. The lowest BCUT2D eigenvalue weighted by Crippen LogP contribution is -2.00. The molecule has 1 rings (SSSR count). The van der Waals surface area contributed by atoms with Crippen molar-refractivity contribution in [2.45, 2.75) is 13.8 Å². The zero-order valence-electron chi connectivity index (χ0n) is 6.67. The summed E-state index contributed by atoms with van der Waals surface area (Å²) >= 11 is 0. The highest BCUT2D eigenvalue weighted by atomic mass is 14.2. The van der Waals surface area contributed by atoms with Crippen LogP contribution in [0.1, 0.15) is 13.8 Å². The van der Waals surface area contributed by atoms with Crippen molar-refractivity contribution < 1.29 is 0 Å². The van der Waals surface area contributed by atoms with Crippen molar-refractivity contribution in [2.75, 3.05) is 0 Å². The van der Waals surface area contributed by atoms with Crippen LogP contribution >= 0.6 is 0 Å². The van der Waals surface area contributed by atoms with Gasteiger partial charge >= 0.3 is 0 Å². The molecule has 10 heavy (non-hydrogen) atoms. The lowest BCUT2D eigenvalue weighted by atomic mass is 9.93. The molecule has 0 saturated carbocycles. The highest BCUT2D eigenvalue weighted by Crippen LogP contribution is 2.26. The summed E-state index contributed by atoms with van der Waals surface area (Å²) in [5, 5.41) is 0. The molecule has 0 aromatic heterocycles. The third-order valence-corrected chi connectivity index (χ3v) is 1.91. The van der Waals surface area contributed by atoms with Crippen LogP contribution in [0.5, 0.6) is 0 Å². The first kappa shape index (κ1) is 7.33. The molecule has 0 fully saturated rings. The zero-order valence-corrected chi connectivity index (χ0v) is 6.67. The molecule has 0 bridgehead atoms. The van der Waals surface area contributed by atoms with Gasteiger partial charge in [-0.2, -0.15) is 0 Å². The summed E-state index contributed by atoms with van der Waals surface area (Å²) in [5.41, 5.74) is 1.48. The summed E-state index contributed by atoms with van der Waals surface area (Å²) in [6, 6.07) is 0. The highest BCUT2D eigenvalue weighted by molar-refractivity contribution is 5.32. The maximum Gasteiger partial charge on any atom is 0.0163 e. The minimum Gasteiger partial charge on any atom is -0.102 e. The van der Waals surface area contributed by atoms with Crippen molar-refractivity contribution in [3.8, 4) is 0 Å². The second-order valence-electron chi connectivity index (χ2n) is 2.97. The molecule has 0 spiro atoms. The average molecular weight is 134 g/mol. The smallest absolute Gasteiger partial charge is 0.0163 e. The molecule has 0 N–H and O–H groups in total. The average Bonchev–Trinajstić information content (AvgIpc) is 2.33. The fraction of sp³-hybridized carbons (Fsp3) is 0.400. The fourth-order valence-electron chi connectivity index (χ4n) is 1.30. The summed E-state index contributed by atoms with van der Waals surface area (Å²) in [6.45, 7) is 8.22. The predicted octanol–water partition coefficient (Wildman–Crippen LogP) is 2.94. The maximum atomic E-state index is 3.78. The van der Waals surface area contributed by atoms with E-state index in [2.05, 4.69) is 38.7 Å². The molecule has 1 atom stereocenters. The van der Waals surface area contributed by atoms with E-state index in [0.717, 1.165) is 0 Å². The number of rotatable bonds is 2. The van der Waals surface area contributed by atoms with Gasteiger partial charge in [0, 0.05) is 5.92 Å². The summed E-state index contributed by atoms with van der Waals surface area (Å²) in [5.74, 6) is 1.15. The second kappa shape index (κ2) is 2.87. The molecule has 1 unspecified atom stereocenters. The lowest BCUT2D eigenvalue weighted by molar-refractivity contribution is 0.706. The van der Waals surface area contributed by atoms with Crippen molar-refractivity contribution in [3.05, 3.63) is 36.5 Å². The monoisotopic (exact) mass is 134 g/mol. The van der Waals surface area contributed by atoms with E-state index in [1.54, 1.807) is 0 Å². The SMILES string of the molecule is C=CC1C=CC=C1C(C)C. The van der Waals surface area contributed by atoms with Gasteiger partial charge in [-0.1, -0.05) is 43.7 Å². The van der Waals surface area contributed by atoms with E-state index in [1.165, 1.54) is 5.57 Å². The molecule has 1 aliphatic carbocycles. The summed E-state index contributed by atoms with van der Waals surface area (Å²) in [7, 11) is 0. The molecule has 0 heteroatoms. The highest BCUT2D eigenvalue weighted by Gasteiger charge is 2.13. The number of hydrogen-bond acceptors (Lipinski definition) is 0. The Balaban J connectivity index is 2.71. The van der Waals surface area contributed by atoms with Gasteiger partial charge in [0.15, 0.2) is 0 Å². The van der Waals surface area contributed by atoms with Crippen molar-refractivity contribution in [2.24, 2.45) is 11.8 Å². The van der Waals surface area contributed by atoms with Crippen LogP contribution in [-0.4, -0.2) is 0 Å². The Hall–Kier alpha value is -0.780. The third-order valence-electron chi connectivity index (χ3n) is 1.91. The van der Waals surface area contributed by atoms with E-state index in [-0.39, 0.29) is 0 Å². The molecule has 0 aromatic carbocycles. The largest absolute Gasteiger partial charge is 0.102 e. The zero-order chi connectivity index (χ0) is 7.56. The van der Waals surface area contributed by atoms with Crippen LogP contribution in [0.4, 0.5) is 0 Å². The van der Waals surface area contributed by atoms with Crippen LogP contribution in [-0.2, 0) is 0 Å². The Morgan fingerprint density at radius 2 is 2.30 bits per heavy atom. The van der Waals surface area contributed by atoms with Crippen molar-refractivity contribution in [3.63, 3.8) is 0 Å².